The van der Waals surface area contributed by atoms with E-state index in [9.17, 15) is 0 Å². The Bertz CT molecular complexity index is 2960. The average molecular weight is 676 g/mol. The lowest BCUT2D eigenvalue weighted by Crippen LogP contribution is -1.95. The lowest BCUT2D eigenvalue weighted by atomic mass is 9.89. The number of para-hydroxylation sites is 2. The molecular weight excluding hydrogens is 639 g/mol. The minimum atomic E-state index is 0.865. The minimum Gasteiger partial charge on any atom is -0.309 e. The van der Waals surface area contributed by atoms with E-state index >= 15 is 0 Å². The van der Waals surface area contributed by atoms with Gasteiger partial charge in [0.1, 0.15) is 0 Å². The van der Waals surface area contributed by atoms with Gasteiger partial charge in [-0.1, -0.05) is 152 Å². The van der Waals surface area contributed by atoms with Crippen LogP contribution >= 0.6 is 0 Å². The van der Waals surface area contributed by atoms with Crippen LogP contribution in [0.25, 0.3) is 82.4 Å². The first-order valence-electron chi connectivity index (χ1n) is 18.5. The zero-order valence-electron chi connectivity index (χ0n) is 29.6. The summed E-state index contributed by atoms with van der Waals surface area (Å²) >= 11 is 0. The fourth-order valence-corrected chi connectivity index (χ4v) is 8.35. The topological polar surface area (TPSA) is 4.93 Å². The highest BCUT2D eigenvalue weighted by atomic mass is 15.0. The van der Waals surface area contributed by atoms with Crippen molar-refractivity contribution < 1.29 is 0 Å². The van der Waals surface area contributed by atoms with Crippen LogP contribution in [0.4, 0.5) is 0 Å². The van der Waals surface area contributed by atoms with Crippen molar-refractivity contribution >= 4 is 43.4 Å². The van der Waals surface area contributed by atoms with Gasteiger partial charge in [-0.3, -0.25) is 0 Å². The molecule has 0 unspecified atom stereocenters. The third-order valence-corrected chi connectivity index (χ3v) is 11.0. The van der Waals surface area contributed by atoms with Crippen LogP contribution in [-0.4, -0.2) is 4.57 Å². The number of hydrogen-bond acceptors (Lipinski definition) is 0. The van der Waals surface area contributed by atoms with Crippen molar-refractivity contribution in [1.82, 2.24) is 4.57 Å². The molecule has 9 aromatic carbocycles. The smallest absolute Gasteiger partial charge is 0.0541 e. The Morgan fingerprint density at radius 3 is 1.85 bits per heavy atom. The first-order chi connectivity index (χ1) is 26.2. The molecular formula is C52H37N. The molecule has 0 radical (unpaired) electrons. The number of benzene rings is 9. The van der Waals surface area contributed by atoms with E-state index in [4.69, 9.17) is 0 Å². The molecule has 53 heavy (non-hydrogen) atoms. The van der Waals surface area contributed by atoms with E-state index in [2.05, 4.69) is 206 Å². The Hall–Kier alpha value is -6.70. The van der Waals surface area contributed by atoms with Gasteiger partial charge in [0.15, 0.2) is 0 Å². The molecule has 10 rings (SSSR count). The number of rotatable bonds is 6. The number of aryl methyl sites for hydroxylation is 1. The van der Waals surface area contributed by atoms with Crippen LogP contribution < -0.4 is 0 Å². The van der Waals surface area contributed by atoms with Gasteiger partial charge < -0.3 is 4.57 Å². The maximum absolute atomic E-state index is 2.39. The molecule has 0 bridgehead atoms. The van der Waals surface area contributed by atoms with Gasteiger partial charge in [-0.25, -0.2) is 0 Å². The van der Waals surface area contributed by atoms with Crippen LogP contribution in [0, 0.1) is 6.92 Å². The fourth-order valence-electron chi connectivity index (χ4n) is 8.35. The Morgan fingerprint density at radius 2 is 1.00 bits per heavy atom. The predicted molar refractivity (Wildman–Crippen MR) is 226 cm³/mol. The van der Waals surface area contributed by atoms with Crippen LogP contribution in [-0.2, 0) is 6.42 Å². The highest BCUT2D eigenvalue weighted by Crippen LogP contribution is 2.38. The molecule has 0 saturated carbocycles. The molecule has 1 aromatic heterocycles. The Balaban J connectivity index is 1.00. The summed E-state index contributed by atoms with van der Waals surface area (Å²) < 4.78 is 2.38. The lowest BCUT2D eigenvalue weighted by molar-refractivity contribution is 1.18. The second-order valence-corrected chi connectivity index (χ2v) is 14.2. The van der Waals surface area contributed by atoms with Crippen LogP contribution in [0.15, 0.2) is 194 Å². The Kier molecular flexibility index (Phi) is 7.51. The van der Waals surface area contributed by atoms with Crippen LogP contribution in [0.5, 0.6) is 0 Å². The normalized spacial score (nSPS) is 11.6. The molecule has 0 aliphatic rings. The van der Waals surface area contributed by atoms with Crippen molar-refractivity contribution in [2.45, 2.75) is 13.3 Å². The highest BCUT2D eigenvalue weighted by molar-refractivity contribution is 6.14. The van der Waals surface area contributed by atoms with Gasteiger partial charge >= 0.3 is 0 Å². The fraction of sp³-hybridized carbons (Fsp3) is 0.0385. The molecule has 0 fully saturated rings. The van der Waals surface area contributed by atoms with Crippen molar-refractivity contribution in [3.8, 4) is 39.1 Å². The van der Waals surface area contributed by atoms with Gasteiger partial charge in [0.2, 0.25) is 0 Å². The average Bonchev–Trinajstić information content (AvgIpc) is 3.55. The molecule has 0 atom stereocenters. The highest BCUT2D eigenvalue weighted by Gasteiger charge is 2.15. The zero-order valence-corrected chi connectivity index (χ0v) is 29.6. The van der Waals surface area contributed by atoms with E-state index in [1.54, 1.807) is 0 Å². The molecule has 250 valence electrons. The summed E-state index contributed by atoms with van der Waals surface area (Å²) in [4.78, 5) is 0. The van der Waals surface area contributed by atoms with Crippen molar-refractivity contribution in [2.75, 3.05) is 0 Å². The summed E-state index contributed by atoms with van der Waals surface area (Å²) in [6.45, 7) is 2.23. The van der Waals surface area contributed by atoms with Crippen molar-refractivity contribution in [1.29, 1.82) is 0 Å². The Morgan fingerprint density at radius 1 is 0.377 bits per heavy atom. The first kappa shape index (κ1) is 31.1. The van der Waals surface area contributed by atoms with Gasteiger partial charge in [0, 0.05) is 16.5 Å². The van der Waals surface area contributed by atoms with Gasteiger partial charge in [0.05, 0.1) is 11.0 Å². The number of hydrogen-bond donors (Lipinski definition) is 0. The third-order valence-electron chi connectivity index (χ3n) is 11.0. The summed E-state index contributed by atoms with van der Waals surface area (Å²) in [5.74, 6) is 0. The molecule has 0 saturated heterocycles. The molecule has 1 heterocycles. The number of nitrogens with zero attached hydrogens (tertiary/aromatic N) is 1. The zero-order chi connectivity index (χ0) is 35.3. The maximum atomic E-state index is 2.39. The van der Waals surface area contributed by atoms with Gasteiger partial charge in [-0.2, -0.15) is 0 Å². The summed E-state index contributed by atoms with van der Waals surface area (Å²) in [5.41, 5.74) is 15.1. The third kappa shape index (κ3) is 5.41. The maximum Gasteiger partial charge on any atom is 0.0541 e. The monoisotopic (exact) mass is 675 g/mol. The predicted octanol–water partition coefficient (Wildman–Crippen LogP) is 14.0. The molecule has 0 aliphatic carbocycles. The molecule has 0 aliphatic heterocycles. The lowest BCUT2D eigenvalue weighted by Gasteiger charge is -2.15. The van der Waals surface area contributed by atoms with Gasteiger partial charge in [-0.15, -0.1) is 0 Å². The van der Waals surface area contributed by atoms with Crippen molar-refractivity contribution in [3.63, 3.8) is 0 Å². The quantitative estimate of drug-likeness (QED) is 0.155. The number of aromatic nitrogens is 1. The van der Waals surface area contributed by atoms with Crippen molar-refractivity contribution in [3.05, 3.63) is 211 Å². The largest absolute Gasteiger partial charge is 0.309 e. The summed E-state index contributed by atoms with van der Waals surface area (Å²) in [7, 11) is 0. The van der Waals surface area contributed by atoms with Crippen LogP contribution in [0.1, 0.15) is 16.7 Å². The van der Waals surface area contributed by atoms with Crippen LogP contribution in [0.2, 0.25) is 0 Å². The van der Waals surface area contributed by atoms with E-state index < -0.39 is 0 Å². The van der Waals surface area contributed by atoms with Gasteiger partial charge in [-0.05, 0) is 127 Å². The van der Waals surface area contributed by atoms with E-state index in [1.807, 2.05) is 0 Å². The summed E-state index contributed by atoms with van der Waals surface area (Å²) in [6, 6.07) is 71.2. The SMILES string of the molecule is Cc1ccc(-c2ccc3c(c2)c2ccccc2n3-c2ccccc2)cc1-c1ccccc1Cc1ccc(-c2cc3ccccc3c3ccccc23)cc1. The van der Waals surface area contributed by atoms with E-state index in [0.29, 0.717) is 0 Å². The van der Waals surface area contributed by atoms with Gasteiger partial charge in [0.25, 0.3) is 0 Å². The van der Waals surface area contributed by atoms with E-state index in [0.717, 1.165) is 6.42 Å². The Labute approximate surface area is 310 Å². The van der Waals surface area contributed by atoms with Crippen molar-refractivity contribution in [2.24, 2.45) is 0 Å². The molecule has 10 aromatic rings. The van der Waals surface area contributed by atoms with E-state index in [1.165, 1.54) is 99.1 Å². The molecule has 0 spiro atoms. The molecule has 0 N–H and O–H groups in total. The minimum absolute atomic E-state index is 0.865. The number of fused-ring (bicyclic) bond motifs is 6. The first-order valence-corrected chi connectivity index (χ1v) is 18.5. The molecule has 1 nitrogen and oxygen atoms in total. The molecule has 1 heteroatoms. The van der Waals surface area contributed by atoms with E-state index in [-0.39, 0.29) is 0 Å². The summed E-state index contributed by atoms with van der Waals surface area (Å²) in [5, 5.41) is 7.71. The molecule has 0 amide bonds. The second kappa shape index (κ2) is 12.8. The van der Waals surface area contributed by atoms with Crippen LogP contribution in [0.3, 0.4) is 0 Å². The standard InChI is InChI=1S/C52H37N/c1-35-23-26-38(39-29-30-52-50(33-39)47-21-11-12-22-51(47)53(52)42-15-3-2-4-16-42)32-48(35)44-18-8-5-13-40(44)31-36-24-27-37(28-25-36)49-34-41-14-6-7-17-43(41)45-19-9-10-20-46(45)49/h2-30,32-34H,31H2,1H3. The second-order valence-electron chi connectivity index (χ2n) is 14.2. The summed E-state index contributed by atoms with van der Waals surface area (Å²) in [6.07, 6.45) is 0.865.